The van der Waals surface area contributed by atoms with Crippen LogP contribution in [0.25, 0.3) is 0 Å². The fourth-order valence-corrected chi connectivity index (χ4v) is 0.863. The molecule has 2 atom stereocenters. The van der Waals surface area contributed by atoms with Crippen molar-refractivity contribution >= 4 is 7.85 Å². The summed E-state index contributed by atoms with van der Waals surface area (Å²) >= 11 is 0. The van der Waals surface area contributed by atoms with Crippen molar-refractivity contribution in [3.63, 3.8) is 0 Å². The number of hydrogen-bond acceptors (Lipinski definition) is 4. The Hall–Kier alpha value is -0.355. The maximum atomic E-state index is 8.08. The molecule has 0 spiro atoms. The van der Waals surface area contributed by atoms with Crippen LogP contribution in [0.4, 0.5) is 0 Å². The third-order valence-electron chi connectivity index (χ3n) is 1.35. The Labute approximate surface area is 93.0 Å². The first-order valence-corrected chi connectivity index (χ1v) is 4.76. The Bertz CT molecular complexity index is 150. The molecule has 1 aliphatic heterocycles. The molecule has 0 aromatic carbocycles. The fourth-order valence-electron chi connectivity index (χ4n) is 0.863. The minimum Gasteiger partial charge on any atom is -0.400 e. The molecule has 0 aromatic heterocycles. The maximum Gasteiger partial charge on any atom is 0.156 e. The number of rotatable bonds is 1. The fraction of sp³-hybridized carbons (Fsp3) is 0.800. The summed E-state index contributed by atoms with van der Waals surface area (Å²) in [4.78, 5) is 0. The molecule has 1 aliphatic rings. The third-order valence-corrected chi connectivity index (χ3v) is 1.35. The van der Waals surface area contributed by atoms with Crippen LogP contribution in [0.2, 0.25) is 0 Å². The van der Waals surface area contributed by atoms with E-state index < -0.39 is 5.79 Å². The van der Waals surface area contributed by atoms with Gasteiger partial charge in [-0.1, -0.05) is 6.08 Å². The molecule has 0 aliphatic carbocycles. The molecule has 4 nitrogen and oxygen atoms in total. The number of aliphatic hydroxyl groups excluding tert-OH is 1. The van der Waals surface area contributed by atoms with Crippen molar-refractivity contribution in [2.75, 3.05) is 7.11 Å². The van der Waals surface area contributed by atoms with Gasteiger partial charge in [-0.25, -0.2) is 0 Å². The molecule has 0 amide bonds. The van der Waals surface area contributed by atoms with Gasteiger partial charge in [-0.05, 0) is 26.7 Å². The third kappa shape index (κ3) is 16.3. The molecule has 0 saturated carbocycles. The highest BCUT2D eigenvalue weighted by Crippen LogP contribution is 2.17. The van der Waals surface area contributed by atoms with E-state index in [1.54, 1.807) is 6.08 Å². The summed E-state index contributed by atoms with van der Waals surface area (Å²) in [6.07, 6.45) is 4.01. The quantitative estimate of drug-likeness (QED) is 0.332. The summed E-state index contributed by atoms with van der Waals surface area (Å²) in [5, 5.41) is 23.2. The summed E-state index contributed by atoms with van der Waals surface area (Å²) in [7, 11) is 6.43. The number of aliphatic hydroxyl groups is 3. The van der Waals surface area contributed by atoms with Gasteiger partial charge in [0.25, 0.3) is 0 Å². The van der Waals surface area contributed by atoms with E-state index in [4.69, 9.17) is 27.9 Å². The predicted molar refractivity (Wildman–Crippen MR) is 60.5 cm³/mol. The van der Waals surface area contributed by atoms with Crippen molar-refractivity contribution < 1.29 is 20.1 Å². The molecular weight excluding hydrogens is 195 g/mol. The minimum atomic E-state index is -1.50. The van der Waals surface area contributed by atoms with E-state index in [-0.39, 0.29) is 12.1 Å². The van der Waals surface area contributed by atoms with Gasteiger partial charge in [0.1, 0.15) is 7.85 Å². The highest BCUT2D eigenvalue weighted by atomic mass is 16.5. The Kier molecular flexibility index (Phi) is 10.1. The van der Waals surface area contributed by atoms with Crippen LogP contribution in [-0.2, 0) is 4.74 Å². The van der Waals surface area contributed by atoms with Crippen molar-refractivity contribution in [3.05, 3.63) is 12.7 Å². The average Bonchev–Trinajstić information content (AvgIpc) is 2.52. The van der Waals surface area contributed by atoms with Crippen molar-refractivity contribution in [1.82, 2.24) is 0 Å². The lowest BCUT2D eigenvalue weighted by Crippen LogP contribution is -2.15. The summed E-state index contributed by atoms with van der Waals surface area (Å²) in [5.74, 6) is -1.50. The molecule has 1 rings (SSSR count). The van der Waals surface area contributed by atoms with E-state index in [9.17, 15) is 0 Å². The molecule has 5 heteroatoms. The summed E-state index contributed by atoms with van der Waals surface area (Å²) in [6.45, 7) is 6.19. The van der Waals surface area contributed by atoms with E-state index >= 15 is 0 Å². The number of hydrogen-bond donors (Lipinski definition) is 3. The zero-order chi connectivity index (χ0) is 12.5. The molecular formula is C10H21BO4. The zero-order valence-corrected chi connectivity index (χ0v) is 9.68. The molecule has 1 saturated heterocycles. The summed E-state index contributed by atoms with van der Waals surface area (Å²) < 4.78 is 5.17. The second-order valence-electron chi connectivity index (χ2n) is 3.52. The molecule has 88 valence electrons. The van der Waals surface area contributed by atoms with Crippen LogP contribution in [0.1, 0.15) is 26.7 Å². The Morgan fingerprint density at radius 1 is 1.33 bits per heavy atom. The lowest BCUT2D eigenvalue weighted by Gasteiger charge is -2.03. The summed E-state index contributed by atoms with van der Waals surface area (Å²) in [5.41, 5.74) is 0. The van der Waals surface area contributed by atoms with E-state index in [1.807, 2.05) is 0 Å². The molecule has 15 heavy (non-hydrogen) atoms. The van der Waals surface area contributed by atoms with Crippen LogP contribution in [0, 0.1) is 0 Å². The van der Waals surface area contributed by atoms with Crippen LogP contribution in [-0.4, -0.2) is 48.2 Å². The number of ether oxygens (including phenoxy) is 1. The minimum absolute atomic E-state index is 0.0435. The molecule has 3 N–H and O–H groups in total. The van der Waals surface area contributed by atoms with Crippen molar-refractivity contribution in [2.45, 2.75) is 44.6 Å². The largest absolute Gasteiger partial charge is 0.400 e. The molecule has 0 bridgehead atoms. The van der Waals surface area contributed by atoms with Gasteiger partial charge in [-0.15, -0.1) is 6.58 Å². The maximum absolute atomic E-state index is 8.08. The molecule has 1 heterocycles. The molecule has 0 aromatic rings. The van der Waals surface area contributed by atoms with E-state index in [1.165, 1.54) is 13.8 Å². The Balaban J connectivity index is 0. The van der Waals surface area contributed by atoms with Crippen molar-refractivity contribution in [1.29, 1.82) is 0 Å². The van der Waals surface area contributed by atoms with Gasteiger partial charge in [0.15, 0.2) is 5.79 Å². The zero-order valence-electron chi connectivity index (χ0n) is 9.68. The van der Waals surface area contributed by atoms with E-state index in [2.05, 4.69) is 6.58 Å². The van der Waals surface area contributed by atoms with Gasteiger partial charge in [-0.3, -0.25) is 0 Å². The summed E-state index contributed by atoms with van der Waals surface area (Å²) in [6, 6.07) is -0.0435. The topological polar surface area (TPSA) is 69.9 Å². The first-order chi connectivity index (χ1) is 6.83. The van der Waals surface area contributed by atoms with Crippen LogP contribution < -0.4 is 0 Å². The lowest BCUT2D eigenvalue weighted by atomic mass is 9.97. The van der Waals surface area contributed by atoms with Gasteiger partial charge in [-0.2, -0.15) is 0 Å². The predicted octanol–water partition coefficient (Wildman–Crippen LogP) is 0.162. The van der Waals surface area contributed by atoms with Gasteiger partial charge >= 0.3 is 0 Å². The standard InChI is InChI=1S/C6H9BO.C3H8O2.CH4O/c1-2-5-3-4-6(7)8-5;1-3(2,4)5;1-2/h2,5-6H,1,3-4H2;4-5H,1-2H3;2H,1H3/t5-,6?;;/m1../s1. The van der Waals surface area contributed by atoms with Crippen LogP contribution in [0.15, 0.2) is 12.7 Å². The van der Waals surface area contributed by atoms with Gasteiger partial charge in [0, 0.05) is 13.1 Å². The van der Waals surface area contributed by atoms with Crippen molar-refractivity contribution in [2.24, 2.45) is 0 Å². The molecule has 2 radical (unpaired) electrons. The Morgan fingerprint density at radius 3 is 1.87 bits per heavy atom. The van der Waals surface area contributed by atoms with Gasteiger partial charge in [0.05, 0.1) is 6.10 Å². The normalized spacial score (nSPS) is 24.4. The highest BCUT2D eigenvalue weighted by Gasteiger charge is 2.17. The van der Waals surface area contributed by atoms with E-state index in [0.717, 1.165) is 20.0 Å². The first-order valence-electron chi connectivity index (χ1n) is 4.76. The SMILES string of the molecule is CC(C)(O)O.CO.[B]C1CC[C@@H](C=C)O1. The second-order valence-corrected chi connectivity index (χ2v) is 3.52. The highest BCUT2D eigenvalue weighted by molar-refractivity contribution is 6.11. The average molecular weight is 216 g/mol. The van der Waals surface area contributed by atoms with Gasteiger partial charge in [0.2, 0.25) is 0 Å². The second kappa shape index (κ2) is 8.91. The first kappa shape index (κ1) is 17.1. The Morgan fingerprint density at radius 2 is 1.73 bits per heavy atom. The lowest BCUT2D eigenvalue weighted by molar-refractivity contribution is -0.127. The molecule has 1 fully saturated rings. The van der Waals surface area contributed by atoms with Gasteiger partial charge < -0.3 is 20.1 Å². The molecule has 1 unspecified atom stereocenters. The smallest absolute Gasteiger partial charge is 0.156 e. The van der Waals surface area contributed by atoms with Crippen LogP contribution in [0.5, 0.6) is 0 Å². The van der Waals surface area contributed by atoms with Crippen LogP contribution >= 0.6 is 0 Å². The monoisotopic (exact) mass is 216 g/mol. The van der Waals surface area contributed by atoms with Crippen molar-refractivity contribution in [3.8, 4) is 0 Å². The van der Waals surface area contributed by atoms with Crippen LogP contribution in [0.3, 0.4) is 0 Å². The van der Waals surface area contributed by atoms with E-state index in [0.29, 0.717) is 0 Å².